The Hall–Kier alpha value is -1.94. The zero-order chi connectivity index (χ0) is 11.0. The summed E-state index contributed by atoms with van der Waals surface area (Å²) in [6.07, 6.45) is 0. The van der Waals surface area contributed by atoms with Crippen LogP contribution in [0.25, 0.3) is 22.2 Å². The summed E-state index contributed by atoms with van der Waals surface area (Å²) in [5.41, 5.74) is 4.42. The van der Waals surface area contributed by atoms with Crippen molar-refractivity contribution in [2.24, 2.45) is 0 Å². The fourth-order valence-corrected chi connectivity index (χ4v) is 2.29. The molecule has 0 saturated heterocycles. The Morgan fingerprint density at radius 3 is 2.94 bits per heavy atom. The molecule has 3 rings (SSSR count). The molecule has 0 radical (unpaired) electrons. The Balaban J connectivity index is 2.41. The maximum atomic E-state index is 11.3. The molecule has 0 spiro atoms. The number of pyridine rings is 1. The molecule has 4 heteroatoms. The van der Waals surface area contributed by atoms with Crippen molar-refractivity contribution >= 4 is 22.2 Å². The van der Waals surface area contributed by atoms with Gasteiger partial charge < -0.3 is 4.98 Å². The van der Waals surface area contributed by atoms with Gasteiger partial charge in [-0.2, -0.15) is 0 Å². The van der Waals surface area contributed by atoms with Crippen molar-refractivity contribution in [3.8, 4) is 11.3 Å². The van der Waals surface area contributed by atoms with Crippen LogP contribution in [0.5, 0.6) is 0 Å². The lowest BCUT2D eigenvalue weighted by Crippen LogP contribution is -2.03. The number of rotatable bonds is 1. The largest absolute Gasteiger partial charge is 0.321 e. The van der Waals surface area contributed by atoms with Gasteiger partial charge in [-0.25, -0.2) is 4.98 Å². The molecule has 0 aliphatic heterocycles. The lowest BCUT2D eigenvalue weighted by atomic mass is 10.1. The van der Waals surface area contributed by atoms with Crippen LogP contribution in [0.1, 0.15) is 0 Å². The van der Waals surface area contributed by atoms with Gasteiger partial charge in [-0.1, -0.05) is 18.2 Å². The molecule has 2 heterocycles. The fourth-order valence-electron chi connectivity index (χ4n) is 1.74. The minimum atomic E-state index is -0.0878. The van der Waals surface area contributed by atoms with Crippen LogP contribution in [-0.2, 0) is 0 Å². The number of aromatic amines is 1. The van der Waals surface area contributed by atoms with E-state index < -0.39 is 0 Å². The molecule has 0 aliphatic rings. The summed E-state index contributed by atoms with van der Waals surface area (Å²) in [5, 5.41) is 2.99. The van der Waals surface area contributed by atoms with Gasteiger partial charge in [0.2, 0.25) is 5.56 Å². The maximum Gasteiger partial charge on any atom is 0.248 e. The Labute approximate surface area is 95.4 Å². The SMILES string of the molecule is O=c1ccc2cccc(-c3cscn3)c2[nH]1. The van der Waals surface area contributed by atoms with E-state index in [1.54, 1.807) is 16.8 Å². The zero-order valence-electron chi connectivity index (χ0n) is 8.31. The third kappa shape index (κ3) is 1.44. The van der Waals surface area contributed by atoms with Crippen molar-refractivity contribution in [1.29, 1.82) is 0 Å². The number of nitrogens with one attached hydrogen (secondary N) is 1. The number of para-hydroxylation sites is 1. The van der Waals surface area contributed by atoms with Gasteiger partial charge in [0.15, 0.2) is 0 Å². The molecular formula is C12H8N2OS. The maximum absolute atomic E-state index is 11.3. The normalized spacial score (nSPS) is 10.8. The summed E-state index contributed by atoms with van der Waals surface area (Å²) in [7, 11) is 0. The van der Waals surface area contributed by atoms with Gasteiger partial charge in [-0.15, -0.1) is 11.3 Å². The number of benzene rings is 1. The van der Waals surface area contributed by atoms with Crippen molar-refractivity contribution in [2.75, 3.05) is 0 Å². The molecule has 3 aromatic rings. The van der Waals surface area contributed by atoms with E-state index in [2.05, 4.69) is 9.97 Å². The first-order chi connectivity index (χ1) is 7.84. The Morgan fingerprint density at radius 2 is 2.12 bits per heavy atom. The van der Waals surface area contributed by atoms with Gasteiger partial charge in [0.05, 0.1) is 16.7 Å². The standard InChI is InChI=1S/C12H8N2OS/c15-11-5-4-8-2-1-3-9(12(8)14-11)10-6-16-7-13-10/h1-7H,(H,14,15). The second-order valence-corrected chi connectivity index (χ2v) is 4.18. The minimum Gasteiger partial charge on any atom is -0.321 e. The zero-order valence-corrected chi connectivity index (χ0v) is 9.12. The van der Waals surface area contributed by atoms with Crippen LogP contribution >= 0.6 is 11.3 Å². The van der Waals surface area contributed by atoms with E-state index in [0.29, 0.717) is 0 Å². The van der Waals surface area contributed by atoms with Crippen molar-refractivity contribution < 1.29 is 0 Å². The molecule has 0 fully saturated rings. The van der Waals surface area contributed by atoms with Crippen LogP contribution in [0.3, 0.4) is 0 Å². The highest BCUT2D eigenvalue weighted by molar-refractivity contribution is 7.07. The summed E-state index contributed by atoms with van der Waals surface area (Å²) in [4.78, 5) is 18.5. The van der Waals surface area contributed by atoms with Crippen LogP contribution < -0.4 is 5.56 Å². The number of nitrogens with zero attached hydrogens (tertiary/aromatic N) is 1. The highest BCUT2D eigenvalue weighted by Gasteiger charge is 2.05. The minimum absolute atomic E-state index is 0.0878. The Kier molecular flexibility index (Phi) is 2.08. The average molecular weight is 228 g/mol. The first-order valence-electron chi connectivity index (χ1n) is 4.85. The number of fused-ring (bicyclic) bond motifs is 1. The summed E-state index contributed by atoms with van der Waals surface area (Å²) in [5.74, 6) is 0. The number of H-pyrrole nitrogens is 1. The molecule has 0 saturated carbocycles. The molecule has 0 amide bonds. The van der Waals surface area contributed by atoms with Crippen molar-refractivity contribution in [3.05, 3.63) is 51.6 Å². The Morgan fingerprint density at radius 1 is 1.19 bits per heavy atom. The monoisotopic (exact) mass is 228 g/mol. The van der Waals surface area contributed by atoms with Gasteiger partial charge in [-0.05, 0) is 11.5 Å². The van der Waals surface area contributed by atoms with E-state index in [-0.39, 0.29) is 5.56 Å². The van der Waals surface area contributed by atoms with Crippen LogP contribution in [0.2, 0.25) is 0 Å². The lowest BCUT2D eigenvalue weighted by molar-refractivity contribution is 1.30. The lowest BCUT2D eigenvalue weighted by Gasteiger charge is -2.02. The van der Waals surface area contributed by atoms with Crippen molar-refractivity contribution in [2.45, 2.75) is 0 Å². The molecule has 1 N–H and O–H groups in total. The van der Waals surface area contributed by atoms with Crippen molar-refractivity contribution in [3.63, 3.8) is 0 Å². The first-order valence-corrected chi connectivity index (χ1v) is 5.79. The second kappa shape index (κ2) is 3.57. The van der Waals surface area contributed by atoms with Gasteiger partial charge >= 0.3 is 0 Å². The van der Waals surface area contributed by atoms with Crippen molar-refractivity contribution in [1.82, 2.24) is 9.97 Å². The average Bonchev–Trinajstić information content (AvgIpc) is 2.81. The summed E-state index contributed by atoms with van der Waals surface area (Å²) >= 11 is 1.54. The second-order valence-electron chi connectivity index (χ2n) is 3.47. The molecule has 0 bridgehead atoms. The van der Waals surface area contributed by atoms with Gasteiger partial charge in [0.25, 0.3) is 0 Å². The molecule has 16 heavy (non-hydrogen) atoms. The molecule has 0 aliphatic carbocycles. The smallest absolute Gasteiger partial charge is 0.248 e. The molecule has 3 nitrogen and oxygen atoms in total. The van der Waals surface area contributed by atoms with E-state index in [0.717, 1.165) is 22.2 Å². The highest BCUT2D eigenvalue weighted by Crippen LogP contribution is 2.25. The molecule has 78 valence electrons. The first kappa shape index (κ1) is 9.30. The van der Waals surface area contributed by atoms with Gasteiger partial charge in [0, 0.05) is 17.0 Å². The number of aromatic nitrogens is 2. The predicted octanol–water partition coefficient (Wildman–Crippen LogP) is 2.65. The molecule has 1 aromatic carbocycles. The van der Waals surface area contributed by atoms with E-state index in [9.17, 15) is 4.79 Å². The molecular weight excluding hydrogens is 220 g/mol. The topological polar surface area (TPSA) is 45.8 Å². The fraction of sp³-hybridized carbons (Fsp3) is 0. The third-order valence-corrected chi connectivity index (χ3v) is 3.05. The third-order valence-electron chi connectivity index (χ3n) is 2.47. The predicted molar refractivity (Wildman–Crippen MR) is 65.7 cm³/mol. The van der Waals surface area contributed by atoms with E-state index >= 15 is 0 Å². The summed E-state index contributed by atoms with van der Waals surface area (Å²) in [6, 6.07) is 9.26. The number of hydrogen-bond acceptors (Lipinski definition) is 3. The molecule has 0 atom stereocenters. The van der Waals surface area contributed by atoms with Gasteiger partial charge in [0.1, 0.15) is 0 Å². The summed E-state index contributed by atoms with van der Waals surface area (Å²) in [6.45, 7) is 0. The number of thiazole rings is 1. The molecule has 2 aromatic heterocycles. The quantitative estimate of drug-likeness (QED) is 0.696. The van der Waals surface area contributed by atoms with Crippen LogP contribution in [0.15, 0.2) is 46.0 Å². The molecule has 0 unspecified atom stereocenters. The van der Waals surface area contributed by atoms with Crippen LogP contribution in [0, 0.1) is 0 Å². The van der Waals surface area contributed by atoms with E-state index in [1.165, 1.54) is 6.07 Å². The Bertz CT molecular complexity index is 686. The van der Waals surface area contributed by atoms with E-state index in [1.807, 2.05) is 29.6 Å². The highest BCUT2D eigenvalue weighted by atomic mass is 32.1. The van der Waals surface area contributed by atoms with E-state index in [4.69, 9.17) is 0 Å². The van der Waals surface area contributed by atoms with Gasteiger partial charge in [-0.3, -0.25) is 4.79 Å². The summed E-state index contributed by atoms with van der Waals surface area (Å²) < 4.78 is 0. The van der Waals surface area contributed by atoms with Crippen LogP contribution in [-0.4, -0.2) is 9.97 Å². The number of hydrogen-bond donors (Lipinski definition) is 1. The van der Waals surface area contributed by atoms with Crippen LogP contribution in [0.4, 0.5) is 0 Å².